The molecule has 2 rings (SSSR count). The van der Waals surface area contributed by atoms with E-state index in [-0.39, 0.29) is 18.1 Å². The maximum atomic E-state index is 12.7. The first-order chi connectivity index (χ1) is 7.96. The number of halogens is 1. The number of hydrogen-bond donors (Lipinski definition) is 1. The molecule has 1 saturated heterocycles. The second-order valence-corrected chi connectivity index (χ2v) is 4.89. The maximum Gasteiger partial charge on any atom is 0.176 e. The summed E-state index contributed by atoms with van der Waals surface area (Å²) in [6.07, 6.45) is 0.684. The number of carbonyl (C=O) groups excluding carboxylic acids is 1. The fourth-order valence-corrected chi connectivity index (χ4v) is 2.10. The van der Waals surface area contributed by atoms with Gasteiger partial charge in [-0.25, -0.2) is 4.39 Å². The third-order valence-corrected chi connectivity index (χ3v) is 3.06. The Morgan fingerprint density at radius 1 is 1.47 bits per heavy atom. The van der Waals surface area contributed by atoms with Crippen molar-refractivity contribution in [2.45, 2.75) is 18.9 Å². The Kier molecular flexibility index (Phi) is 3.26. The molecule has 1 unspecified atom stereocenters. The topological polar surface area (TPSA) is 40.5 Å². The number of benzene rings is 1. The molecule has 1 aliphatic heterocycles. The lowest BCUT2D eigenvalue weighted by molar-refractivity contribution is 0.0669. The van der Waals surface area contributed by atoms with Gasteiger partial charge in [0.15, 0.2) is 5.78 Å². The molecule has 1 aromatic carbocycles. The molecule has 92 valence electrons. The van der Waals surface area contributed by atoms with Crippen LogP contribution in [-0.4, -0.2) is 41.0 Å². The van der Waals surface area contributed by atoms with Gasteiger partial charge in [-0.1, -0.05) is 0 Å². The van der Waals surface area contributed by atoms with Crippen LogP contribution in [0.5, 0.6) is 0 Å². The minimum atomic E-state index is -0.691. The van der Waals surface area contributed by atoms with Gasteiger partial charge in [-0.2, -0.15) is 0 Å². The number of Topliss-reactive ketones (excluding diaryl/α,β-unsaturated/α-hetero) is 1. The van der Waals surface area contributed by atoms with Crippen LogP contribution in [-0.2, 0) is 0 Å². The summed E-state index contributed by atoms with van der Waals surface area (Å²) in [7, 11) is 0. The summed E-state index contributed by atoms with van der Waals surface area (Å²) in [6, 6.07) is 5.55. The monoisotopic (exact) mass is 237 g/mol. The van der Waals surface area contributed by atoms with Gasteiger partial charge in [0, 0.05) is 18.7 Å². The number of likely N-dealkylation sites (tertiary alicyclic amines) is 1. The van der Waals surface area contributed by atoms with Gasteiger partial charge < -0.3 is 5.11 Å². The summed E-state index contributed by atoms with van der Waals surface area (Å²) in [5.74, 6) is -0.381. The first kappa shape index (κ1) is 12.2. The lowest BCUT2D eigenvalue weighted by atomic mass is 10.1. The predicted molar refractivity (Wildman–Crippen MR) is 62.4 cm³/mol. The Bertz CT molecular complexity index is 414. The highest BCUT2D eigenvalue weighted by Gasteiger charge is 2.32. The minimum absolute atomic E-state index is 0.0392. The van der Waals surface area contributed by atoms with E-state index in [0.29, 0.717) is 18.5 Å². The molecule has 3 nitrogen and oxygen atoms in total. The number of ketones is 1. The number of rotatable bonds is 3. The van der Waals surface area contributed by atoms with Crippen molar-refractivity contribution in [3.8, 4) is 0 Å². The van der Waals surface area contributed by atoms with Gasteiger partial charge in [-0.15, -0.1) is 0 Å². The van der Waals surface area contributed by atoms with Crippen LogP contribution in [0, 0.1) is 5.82 Å². The molecule has 4 heteroatoms. The standard InChI is InChI=1S/C13H16FNO2/c1-13(17)6-7-15(9-13)8-12(16)10-2-4-11(14)5-3-10/h2-5,17H,6-9H2,1H3. The number of carbonyl (C=O) groups is 1. The molecule has 0 amide bonds. The van der Waals surface area contributed by atoms with Crippen LogP contribution < -0.4 is 0 Å². The number of β-amino-alcohol motifs (C(OH)–C–C–N with tert-alkyl or cyclic N) is 1. The van der Waals surface area contributed by atoms with Gasteiger partial charge in [-0.05, 0) is 37.6 Å². The smallest absolute Gasteiger partial charge is 0.176 e. The molecule has 1 aromatic rings. The minimum Gasteiger partial charge on any atom is -0.389 e. The molecule has 0 saturated carbocycles. The summed E-state index contributed by atoms with van der Waals surface area (Å²) in [5.41, 5.74) is -0.179. The quantitative estimate of drug-likeness (QED) is 0.809. The molecule has 17 heavy (non-hydrogen) atoms. The van der Waals surface area contributed by atoms with E-state index in [1.165, 1.54) is 24.3 Å². The second kappa shape index (κ2) is 4.55. The molecule has 1 atom stereocenters. The van der Waals surface area contributed by atoms with Gasteiger partial charge in [-0.3, -0.25) is 9.69 Å². The highest BCUT2D eigenvalue weighted by atomic mass is 19.1. The summed E-state index contributed by atoms with van der Waals surface area (Å²) >= 11 is 0. The van der Waals surface area contributed by atoms with E-state index >= 15 is 0 Å². The molecule has 0 aliphatic carbocycles. The molecule has 0 bridgehead atoms. The number of nitrogens with zero attached hydrogens (tertiary/aromatic N) is 1. The lowest BCUT2D eigenvalue weighted by Crippen LogP contribution is -2.33. The third kappa shape index (κ3) is 3.11. The zero-order valence-corrected chi connectivity index (χ0v) is 9.82. The summed E-state index contributed by atoms with van der Waals surface area (Å²) in [4.78, 5) is 13.8. The highest BCUT2D eigenvalue weighted by Crippen LogP contribution is 2.20. The first-order valence-electron chi connectivity index (χ1n) is 5.70. The first-order valence-corrected chi connectivity index (χ1v) is 5.70. The molecule has 0 spiro atoms. The van der Waals surface area contributed by atoms with Crippen molar-refractivity contribution in [3.63, 3.8) is 0 Å². The SMILES string of the molecule is CC1(O)CCN(CC(=O)c2ccc(F)cc2)C1. The summed E-state index contributed by atoms with van der Waals surface area (Å²) in [5, 5.41) is 9.78. The molecule has 0 radical (unpaired) electrons. The van der Waals surface area contributed by atoms with Crippen LogP contribution in [0.4, 0.5) is 4.39 Å². The zero-order chi connectivity index (χ0) is 12.5. The van der Waals surface area contributed by atoms with E-state index in [2.05, 4.69) is 0 Å². The largest absolute Gasteiger partial charge is 0.389 e. The van der Waals surface area contributed by atoms with Crippen molar-refractivity contribution in [1.82, 2.24) is 4.90 Å². The Hall–Kier alpha value is -1.26. The van der Waals surface area contributed by atoms with Crippen molar-refractivity contribution >= 4 is 5.78 Å². The Morgan fingerprint density at radius 2 is 2.12 bits per heavy atom. The zero-order valence-electron chi connectivity index (χ0n) is 9.82. The van der Waals surface area contributed by atoms with E-state index in [1.807, 2.05) is 4.90 Å². The molecule has 0 aromatic heterocycles. The molecule has 1 fully saturated rings. The van der Waals surface area contributed by atoms with Crippen molar-refractivity contribution in [2.75, 3.05) is 19.6 Å². The van der Waals surface area contributed by atoms with Gasteiger partial charge in [0.1, 0.15) is 5.82 Å². The summed E-state index contributed by atoms with van der Waals surface area (Å²) < 4.78 is 12.7. The number of hydrogen-bond acceptors (Lipinski definition) is 3. The van der Waals surface area contributed by atoms with E-state index < -0.39 is 5.60 Å². The molecular weight excluding hydrogens is 221 g/mol. The Morgan fingerprint density at radius 3 is 2.65 bits per heavy atom. The predicted octanol–water partition coefficient (Wildman–Crippen LogP) is 1.47. The van der Waals surface area contributed by atoms with Crippen LogP contribution in [0.3, 0.4) is 0 Å². The summed E-state index contributed by atoms with van der Waals surface area (Å²) in [6.45, 7) is 3.29. The Balaban J connectivity index is 1.96. The second-order valence-electron chi connectivity index (χ2n) is 4.89. The molecule has 1 aliphatic rings. The normalized spacial score (nSPS) is 25.1. The van der Waals surface area contributed by atoms with Crippen LogP contribution in [0.1, 0.15) is 23.7 Å². The van der Waals surface area contributed by atoms with Gasteiger partial charge in [0.05, 0.1) is 12.1 Å². The highest BCUT2D eigenvalue weighted by molar-refractivity contribution is 5.97. The number of aliphatic hydroxyl groups is 1. The molecular formula is C13H16FNO2. The van der Waals surface area contributed by atoms with Gasteiger partial charge in [0.2, 0.25) is 0 Å². The molecule has 1 heterocycles. The lowest BCUT2D eigenvalue weighted by Gasteiger charge is -2.17. The van der Waals surface area contributed by atoms with Gasteiger partial charge >= 0.3 is 0 Å². The third-order valence-electron chi connectivity index (χ3n) is 3.06. The van der Waals surface area contributed by atoms with Crippen LogP contribution in [0.2, 0.25) is 0 Å². The van der Waals surface area contributed by atoms with E-state index in [4.69, 9.17) is 0 Å². The van der Waals surface area contributed by atoms with Crippen LogP contribution in [0.25, 0.3) is 0 Å². The Labute approximate surface area is 99.9 Å². The van der Waals surface area contributed by atoms with Crippen LogP contribution in [0.15, 0.2) is 24.3 Å². The van der Waals surface area contributed by atoms with Crippen molar-refractivity contribution in [1.29, 1.82) is 0 Å². The van der Waals surface area contributed by atoms with Crippen LogP contribution >= 0.6 is 0 Å². The van der Waals surface area contributed by atoms with Crippen molar-refractivity contribution in [3.05, 3.63) is 35.6 Å². The fraction of sp³-hybridized carbons (Fsp3) is 0.462. The van der Waals surface area contributed by atoms with Crippen molar-refractivity contribution in [2.24, 2.45) is 0 Å². The van der Waals surface area contributed by atoms with E-state index in [1.54, 1.807) is 6.92 Å². The maximum absolute atomic E-state index is 12.7. The average Bonchev–Trinajstić information content (AvgIpc) is 2.59. The van der Waals surface area contributed by atoms with E-state index in [0.717, 1.165) is 6.54 Å². The van der Waals surface area contributed by atoms with Gasteiger partial charge in [0.25, 0.3) is 0 Å². The molecule has 1 N–H and O–H groups in total. The van der Waals surface area contributed by atoms with E-state index in [9.17, 15) is 14.3 Å². The van der Waals surface area contributed by atoms with Crippen molar-refractivity contribution < 1.29 is 14.3 Å². The fourth-order valence-electron chi connectivity index (χ4n) is 2.10. The average molecular weight is 237 g/mol.